The Balaban J connectivity index is 0.000000333. The van der Waals surface area contributed by atoms with Crippen LogP contribution in [0.1, 0.15) is 0 Å². The predicted molar refractivity (Wildman–Crippen MR) is 88.2 cm³/mol. The van der Waals surface area contributed by atoms with Gasteiger partial charge in [0.1, 0.15) is 5.75 Å². The van der Waals surface area contributed by atoms with Crippen LogP contribution in [0.15, 0.2) is 77.0 Å². The van der Waals surface area contributed by atoms with Gasteiger partial charge in [-0.15, -0.1) is 0 Å². The molecule has 0 amide bonds. The van der Waals surface area contributed by atoms with Gasteiger partial charge in [-0.3, -0.25) is 4.79 Å². The number of carboxylic acids is 2. The van der Waals surface area contributed by atoms with Gasteiger partial charge in [-0.25, -0.2) is 9.59 Å². The van der Waals surface area contributed by atoms with Crippen LogP contribution in [-0.2, 0) is 14.4 Å². The fourth-order valence-corrected chi connectivity index (χ4v) is 1.40. The van der Waals surface area contributed by atoms with E-state index >= 15 is 0 Å². The summed E-state index contributed by atoms with van der Waals surface area (Å²) in [5.41, 5.74) is 1.49. The number of azo groups is 1. The topological polar surface area (TPSA) is 126 Å². The normalized spacial score (nSPS) is 10.1. The van der Waals surface area contributed by atoms with Crippen molar-refractivity contribution in [1.29, 1.82) is 0 Å². The van der Waals surface area contributed by atoms with E-state index < -0.39 is 11.9 Å². The van der Waals surface area contributed by atoms with Crippen molar-refractivity contribution in [1.82, 2.24) is 0 Å². The van der Waals surface area contributed by atoms with Gasteiger partial charge in [0.2, 0.25) is 0 Å². The smallest absolute Gasteiger partial charge is 0.328 e. The molecular formula is C17H14N2O6. The minimum atomic E-state index is -1.26. The van der Waals surface area contributed by atoms with Crippen LogP contribution < -0.4 is 4.74 Å². The van der Waals surface area contributed by atoms with E-state index in [1.807, 2.05) is 30.3 Å². The molecule has 0 fully saturated rings. The molecule has 0 aliphatic heterocycles. The molecule has 8 heteroatoms. The maximum atomic E-state index is 10.1. The van der Waals surface area contributed by atoms with Gasteiger partial charge in [0.15, 0.2) is 0 Å². The summed E-state index contributed by atoms with van der Waals surface area (Å²) >= 11 is 0. The van der Waals surface area contributed by atoms with Crippen LogP contribution in [0.5, 0.6) is 5.75 Å². The molecule has 0 atom stereocenters. The average Bonchev–Trinajstić information content (AvgIpc) is 2.61. The first-order valence-corrected chi connectivity index (χ1v) is 6.82. The summed E-state index contributed by atoms with van der Waals surface area (Å²) in [6, 6.07) is 16.2. The van der Waals surface area contributed by atoms with Crippen molar-refractivity contribution in [2.24, 2.45) is 10.2 Å². The van der Waals surface area contributed by atoms with Crippen LogP contribution in [0, 0.1) is 0 Å². The maximum Gasteiger partial charge on any atom is 0.328 e. The Labute approximate surface area is 142 Å². The third kappa shape index (κ3) is 9.04. The van der Waals surface area contributed by atoms with Crippen molar-refractivity contribution < 1.29 is 29.3 Å². The van der Waals surface area contributed by atoms with E-state index in [2.05, 4.69) is 15.0 Å². The zero-order valence-electron chi connectivity index (χ0n) is 12.9. The molecule has 0 saturated carbocycles. The molecule has 2 aromatic rings. The number of ether oxygens (including phenoxy) is 1. The van der Waals surface area contributed by atoms with Gasteiger partial charge in [-0.2, -0.15) is 10.2 Å². The first kappa shape index (κ1) is 19.2. The van der Waals surface area contributed by atoms with Crippen LogP contribution in [0.3, 0.4) is 0 Å². The molecule has 2 aromatic carbocycles. The van der Waals surface area contributed by atoms with E-state index in [0.717, 1.165) is 5.69 Å². The lowest BCUT2D eigenvalue weighted by molar-refractivity contribution is -0.134. The Bertz CT molecular complexity index is 738. The van der Waals surface area contributed by atoms with Crippen molar-refractivity contribution in [3.8, 4) is 5.75 Å². The fraction of sp³-hybridized carbons (Fsp3) is 0. The number of aliphatic carboxylic acids is 2. The van der Waals surface area contributed by atoms with Gasteiger partial charge in [-0.1, -0.05) is 18.2 Å². The minimum Gasteiger partial charge on any atom is -0.478 e. The summed E-state index contributed by atoms with van der Waals surface area (Å²) < 4.78 is 4.67. The monoisotopic (exact) mass is 342 g/mol. The summed E-state index contributed by atoms with van der Waals surface area (Å²) in [7, 11) is 0. The second-order valence-electron chi connectivity index (χ2n) is 4.25. The van der Waals surface area contributed by atoms with Crippen molar-refractivity contribution in [2.75, 3.05) is 0 Å². The van der Waals surface area contributed by atoms with Gasteiger partial charge in [0, 0.05) is 12.2 Å². The largest absolute Gasteiger partial charge is 0.478 e. The van der Waals surface area contributed by atoms with Crippen molar-refractivity contribution in [2.45, 2.75) is 0 Å². The Morgan fingerprint density at radius 3 is 1.72 bits per heavy atom. The van der Waals surface area contributed by atoms with E-state index in [-0.39, 0.29) is 0 Å². The second-order valence-corrected chi connectivity index (χ2v) is 4.25. The van der Waals surface area contributed by atoms with Gasteiger partial charge in [0.25, 0.3) is 6.47 Å². The first-order valence-electron chi connectivity index (χ1n) is 6.82. The Hall–Kier alpha value is -3.81. The lowest BCUT2D eigenvalue weighted by atomic mass is 10.3. The zero-order chi connectivity index (χ0) is 18.5. The van der Waals surface area contributed by atoms with Gasteiger partial charge < -0.3 is 14.9 Å². The highest BCUT2D eigenvalue weighted by Gasteiger charge is 1.93. The van der Waals surface area contributed by atoms with E-state index in [4.69, 9.17) is 10.2 Å². The summed E-state index contributed by atoms with van der Waals surface area (Å²) in [6.45, 7) is 0.389. The zero-order valence-corrected chi connectivity index (χ0v) is 12.9. The molecule has 0 saturated heterocycles. The van der Waals surface area contributed by atoms with Crippen LogP contribution in [0.2, 0.25) is 0 Å². The highest BCUT2D eigenvalue weighted by molar-refractivity contribution is 5.89. The lowest BCUT2D eigenvalue weighted by Crippen LogP contribution is -1.91. The number of hydrogen-bond acceptors (Lipinski definition) is 6. The van der Waals surface area contributed by atoms with Crippen LogP contribution in [0.25, 0.3) is 0 Å². The maximum absolute atomic E-state index is 10.1. The van der Waals surface area contributed by atoms with Crippen molar-refractivity contribution in [3.63, 3.8) is 0 Å². The summed E-state index contributed by atoms with van der Waals surface area (Å²) in [5.74, 6) is -2.03. The standard InChI is InChI=1S/C13H10N2O2.C4H4O4/c16-10-17-13-8-6-12(7-9-13)15-14-11-4-2-1-3-5-11;5-3(6)1-2-4(7)8/h1-10H;1-2H,(H,5,6)(H,7,8)/b;2-1+. The molecule has 25 heavy (non-hydrogen) atoms. The highest BCUT2D eigenvalue weighted by atomic mass is 16.5. The Morgan fingerprint density at radius 1 is 0.800 bits per heavy atom. The third-order valence-corrected chi connectivity index (χ3v) is 2.43. The molecule has 0 aromatic heterocycles. The Kier molecular flexibility index (Phi) is 8.34. The average molecular weight is 342 g/mol. The third-order valence-electron chi connectivity index (χ3n) is 2.43. The van der Waals surface area contributed by atoms with E-state index in [9.17, 15) is 14.4 Å². The highest BCUT2D eigenvalue weighted by Crippen LogP contribution is 2.20. The molecule has 0 radical (unpaired) electrons. The number of hydrogen-bond donors (Lipinski definition) is 2. The molecule has 0 aliphatic carbocycles. The second kappa shape index (κ2) is 10.8. The van der Waals surface area contributed by atoms with E-state index in [1.54, 1.807) is 24.3 Å². The molecule has 0 bridgehead atoms. The van der Waals surface area contributed by atoms with Crippen LogP contribution in [-0.4, -0.2) is 28.6 Å². The molecule has 0 unspecified atom stereocenters. The summed E-state index contributed by atoms with van der Waals surface area (Å²) in [5, 5.41) is 23.8. The number of carbonyl (C=O) groups excluding carboxylic acids is 1. The molecule has 0 spiro atoms. The van der Waals surface area contributed by atoms with Crippen LogP contribution >= 0.6 is 0 Å². The van der Waals surface area contributed by atoms with E-state index in [1.165, 1.54) is 0 Å². The molecular weight excluding hydrogens is 328 g/mol. The number of nitrogens with zero attached hydrogens (tertiary/aromatic N) is 2. The SMILES string of the molecule is O=C(O)/C=C/C(=O)O.O=COc1ccc(N=Nc2ccccc2)cc1. The fourth-order valence-electron chi connectivity index (χ4n) is 1.40. The van der Waals surface area contributed by atoms with E-state index in [0.29, 0.717) is 30.1 Å². The van der Waals surface area contributed by atoms with Crippen LogP contribution in [0.4, 0.5) is 11.4 Å². The van der Waals surface area contributed by atoms with Crippen molar-refractivity contribution in [3.05, 3.63) is 66.7 Å². The quantitative estimate of drug-likeness (QED) is 0.471. The number of benzene rings is 2. The number of carboxylic acid groups (broad SMARTS) is 2. The lowest BCUT2D eigenvalue weighted by Gasteiger charge is -1.96. The summed E-state index contributed by atoms with van der Waals surface area (Å²) in [6.07, 6.45) is 1.12. The van der Waals surface area contributed by atoms with Crippen molar-refractivity contribution >= 4 is 29.8 Å². The molecule has 2 rings (SSSR count). The molecule has 128 valence electrons. The summed E-state index contributed by atoms with van der Waals surface area (Å²) in [4.78, 5) is 29.2. The Morgan fingerprint density at radius 2 is 1.28 bits per heavy atom. The first-order chi connectivity index (χ1) is 12.0. The number of rotatable bonds is 6. The molecule has 0 aliphatic rings. The number of carbonyl (C=O) groups is 3. The predicted octanol–water partition coefficient (Wildman–Crippen LogP) is 3.35. The van der Waals surface area contributed by atoms with Gasteiger partial charge >= 0.3 is 11.9 Å². The molecule has 0 heterocycles. The molecule has 2 N–H and O–H groups in total. The van der Waals surface area contributed by atoms with Gasteiger partial charge in [-0.05, 0) is 36.4 Å². The minimum absolute atomic E-state index is 0.389. The van der Waals surface area contributed by atoms with Gasteiger partial charge in [0.05, 0.1) is 11.4 Å². The molecule has 8 nitrogen and oxygen atoms in total.